The van der Waals surface area contributed by atoms with Crippen LogP contribution >= 0.6 is 11.3 Å². The molecule has 3 amide bonds. The van der Waals surface area contributed by atoms with Gasteiger partial charge in [-0.1, -0.05) is 29.8 Å². The summed E-state index contributed by atoms with van der Waals surface area (Å²) in [6.07, 6.45) is 1.99. The zero-order chi connectivity index (χ0) is 17.8. The van der Waals surface area contributed by atoms with Crippen LogP contribution < -0.4 is 21.7 Å². The monoisotopic (exact) mass is 358 g/mol. The fourth-order valence-corrected chi connectivity index (χ4v) is 3.96. The van der Waals surface area contributed by atoms with Crippen molar-refractivity contribution in [1.29, 1.82) is 0 Å². The number of thiophene rings is 1. The lowest BCUT2D eigenvalue weighted by Crippen LogP contribution is -2.45. The number of urea groups is 1. The van der Waals surface area contributed by atoms with Crippen molar-refractivity contribution in [2.24, 2.45) is 5.73 Å². The minimum atomic E-state index is -0.679. The molecule has 1 saturated heterocycles. The van der Waals surface area contributed by atoms with Crippen LogP contribution in [-0.2, 0) is 0 Å². The predicted octanol–water partition coefficient (Wildman–Crippen LogP) is 2.70. The molecule has 3 rings (SSSR count). The Kier molecular flexibility index (Phi) is 5.35. The first-order valence-electron chi connectivity index (χ1n) is 8.32. The second kappa shape index (κ2) is 7.67. The van der Waals surface area contributed by atoms with Gasteiger partial charge in [-0.05, 0) is 37.9 Å². The third-order valence-corrected chi connectivity index (χ3v) is 5.31. The molecule has 0 spiro atoms. The topological polar surface area (TPSA) is 96.2 Å². The first-order chi connectivity index (χ1) is 12.0. The highest BCUT2D eigenvalue weighted by atomic mass is 32.1. The number of rotatable bonds is 4. The maximum atomic E-state index is 12.7. The number of nitrogens with one attached hydrogen (secondary N) is 3. The average Bonchev–Trinajstić information content (AvgIpc) is 2.99. The Morgan fingerprint density at radius 3 is 2.84 bits per heavy atom. The highest BCUT2D eigenvalue weighted by molar-refractivity contribution is 7.18. The van der Waals surface area contributed by atoms with E-state index in [0.29, 0.717) is 10.6 Å². The van der Waals surface area contributed by atoms with Gasteiger partial charge < -0.3 is 21.7 Å². The molecule has 25 heavy (non-hydrogen) atoms. The summed E-state index contributed by atoms with van der Waals surface area (Å²) >= 11 is 1.36. The zero-order valence-corrected chi connectivity index (χ0v) is 14.9. The Hall–Kier alpha value is -2.38. The van der Waals surface area contributed by atoms with E-state index < -0.39 is 6.03 Å². The number of anilines is 1. The summed E-state index contributed by atoms with van der Waals surface area (Å²) in [4.78, 5) is 25.4. The van der Waals surface area contributed by atoms with E-state index in [4.69, 9.17) is 5.73 Å². The Morgan fingerprint density at radius 1 is 1.32 bits per heavy atom. The lowest BCUT2D eigenvalue weighted by atomic mass is 10.1. The first kappa shape index (κ1) is 17.4. The van der Waals surface area contributed by atoms with Crippen molar-refractivity contribution in [3.05, 3.63) is 40.8 Å². The highest BCUT2D eigenvalue weighted by Gasteiger charge is 2.22. The molecule has 1 aliphatic heterocycles. The van der Waals surface area contributed by atoms with Crippen LogP contribution in [0.4, 0.5) is 10.5 Å². The van der Waals surface area contributed by atoms with E-state index in [1.165, 1.54) is 11.3 Å². The van der Waals surface area contributed by atoms with Crippen LogP contribution in [0.15, 0.2) is 30.3 Å². The minimum absolute atomic E-state index is 0.104. The van der Waals surface area contributed by atoms with E-state index in [9.17, 15) is 9.59 Å². The number of hydrogen-bond acceptors (Lipinski definition) is 4. The summed E-state index contributed by atoms with van der Waals surface area (Å²) in [6.45, 7) is 3.77. The van der Waals surface area contributed by atoms with E-state index in [-0.39, 0.29) is 11.9 Å². The van der Waals surface area contributed by atoms with Gasteiger partial charge in [-0.15, -0.1) is 11.3 Å². The van der Waals surface area contributed by atoms with E-state index in [2.05, 4.69) is 16.0 Å². The molecule has 132 valence electrons. The van der Waals surface area contributed by atoms with Crippen LogP contribution in [0.25, 0.3) is 10.4 Å². The molecule has 0 aliphatic carbocycles. The number of hydrogen-bond donors (Lipinski definition) is 4. The van der Waals surface area contributed by atoms with E-state index >= 15 is 0 Å². The number of aryl methyl sites for hydroxylation is 1. The Bertz CT molecular complexity index is 781. The van der Waals surface area contributed by atoms with Gasteiger partial charge in [-0.25, -0.2) is 4.79 Å². The second-order valence-electron chi connectivity index (χ2n) is 6.23. The molecule has 2 heterocycles. The number of carbonyl (C=O) groups excluding carboxylic acids is 2. The molecular formula is C18H22N4O2S. The molecule has 6 nitrogen and oxygen atoms in total. The molecule has 2 aromatic rings. The molecule has 0 radical (unpaired) electrons. The number of benzene rings is 1. The Labute approximate surface area is 150 Å². The van der Waals surface area contributed by atoms with Gasteiger partial charge in [0.15, 0.2) is 0 Å². The number of piperidine rings is 1. The summed E-state index contributed by atoms with van der Waals surface area (Å²) in [6, 6.07) is 9.25. The van der Waals surface area contributed by atoms with Crippen molar-refractivity contribution in [3.8, 4) is 10.4 Å². The van der Waals surface area contributed by atoms with Gasteiger partial charge in [-0.2, -0.15) is 0 Å². The SMILES string of the molecule is Cc1cccc(-c2cc(NC(N)=O)c(C(=O)N[C@H]3CCCNC3)s2)c1. The summed E-state index contributed by atoms with van der Waals surface area (Å²) in [7, 11) is 0. The van der Waals surface area contributed by atoms with Gasteiger partial charge >= 0.3 is 6.03 Å². The van der Waals surface area contributed by atoms with Gasteiger partial charge in [0.2, 0.25) is 0 Å². The van der Waals surface area contributed by atoms with Crippen LogP contribution in [0.5, 0.6) is 0 Å². The smallest absolute Gasteiger partial charge is 0.316 e. The highest BCUT2D eigenvalue weighted by Crippen LogP contribution is 2.35. The van der Waals surface area contributed by atoms with Gasteiger partial charge in [0, 0.05) is 17.5 Å². The third kappa shape index (κ3) is 4.37. The molecule has 1 fully saturated rings. The molecule has 1 atom stereocenters. The van der Waals surface area contributed by atoms with Gasteiger partial charge in [0.25, 0.3) is 5.91 Å². The zero-order valence-electron chi connectivity index (χ0n) is 14.1. The van der Waals surface area contributed by atoms with Gasteiger partial charge in [0.05, 0.1) is 5.69 Å². The average molecular weight is 358 g/mol. The maximum absolute atomic E-state index is 12.7. The molecule has 1 aliphatic rings. The molecule has 0 bridgehead atoms. The van der Waals surface area contributed by atoms with Crippen LogP contribution in [-0.4, -0.2) is 31.1 Å². The van der Waals surface area contributed by atoms with Crippen molar-refractivity contribution in [3.63, 3.8) is 0 Å². The predicted molar refractivity (Wildman–Crippen MR) is 101 cm³/mol. The van der Waals surface area contributed by atoms with Crippen molar-refractivity contribution in [1.82, 2.24) is 10.6 Å². The number of primary amides is 1. The van der Waals surface area contributed by atoms with E-state index in [1.54, 1.807) is 6.07 Å². The second-order valence-corrected chi connectivity index (χ2v) is 7.28. The summed E-state index contributed by atoms with van der Waals surface area (Å²) in [5.74, 6) is -0.179. The minimum Gasteiger partial charge on any atom is -0.351 e. The van der Waals surface area contributed by atoms with E-state index in [0.717, 1.165) is 41.9 Å². The molecular weight excluding hydrogens is 336 g/mol. The number of amides is 3. The number of nitrogens with two attached hydrogens (primary N) is 1. The van der Waals surface area contributed by atoms with Crippen molar-refractivity contribution < 1.29 is 9.59 Å². The van der Waals surface area contributed by atoms with Crippen LogP contribution in [0.1, 0.15) is 28.1 Å². The van der Waals surface area contributed by atoms with E-state index in [1.807, 2.05) is 31.2 Å². The molecule has 7 heteroatoms. The lowest BCUT2D eigenvalue weighted by molar-refractivity contribution is 0.0935. The normalized spacial score (nSPS) is 17.1. The summed E-state index contributed by atoms with van der Waals surface area (Å²) in [5.41, 5.74) is 7.86. The fourth-order valence-electron chi connectivity index (χ4n) is 2.95. The maximum Gasteiger partial charge on any atom is 0.316 e. The quantitative estimate of drug-likeness (QED) is 0.676. The van der Waals surface area contributed by atoms with Gasteiger partial charge in [0.1, 0.15) is 4.88 Å². The molecule has 0 unspecified atom stereocenters. The Morgan fingerprint density at radius 2 is 2.16 bits per heavy atom. The Balaban J connectivity index is 1.87. The van der Waals surface area contributed by atoms with Crippen LogP contribution in [0.2, 0.25) is 0 Å². The van der Waals surface area contributed by atoms with Gasteiger partial charge in [-0.3, -0.25) is 4.79 Å². The van der Waals surface area contributed by atoms with Crippen molar-refractivity contribution in [2.75, 3.05) is 18.4 Å². The standard InChI is InChI=1S/C18H22N4O2S/c1-11-4-2-5-12(8-11)15-9-14(22-18(19)24)16(25-15)17(23)21-13-6-3-7-20-10-13/h2,4-5,8-9,13,20H,3,6-7,10H2,1H3,(H,21,23)(H3,19,22,24)/t13-/m0/s1. The molecule has 5 N–H and O–H groups in total. The number of carbonyl (C=O) groups is 2. The first-order valence-corrected chi connectivity index (χ1v) is 9.13. The van der Waals surface area contributed by atoms with Crippen LogP contribution in [0.3, 0.4) is 0 Å². The molecule has 0 saturated carbocycles. The lowest BCUT2D eigenvalue weighted by Gasteiger charge is -2.23. The van der Waals surface area contributed by atoms with Crippen LogP contribution in [0, 0.1) is 6.92 Å². The molecule has 1 aromatic heterocycles. The molecule has 1 aromatic carbocycles. The summed E-state index contributed by atoms with van der Waals surface area (Å²) in [5, 5.41) is 8.89. The van der Waals surface area contributed by atoms with Crippen molar-refractivity contribution in [2.45, 2.75) is 25.8 Å². The third-order valence-electron chi connectivity index (χ3n) is 4.13. The largest absolute Gasteiger partial charge is 0.351 e. The summed E-state index contributed by atoms with van der Waals surface area (Å²) < 4.78 is 0. The fraction of sp³-hybridized carbons (Fsp3) is 0.333. The van der Waals surface area contributed by atoms with Crippen molar-refractivity contribution >= 4 is 29.0 Å².